The number of carbonyl (C=O) groups excluding carboxylic acids is 1. The highest BCUT2D eigenvalue weighted by atomic mass is 32.2. The highest BCUT2D eigenvalue weighted by Gasteiger charge is 2.18. The summed E-state index contributed by atoms with van der Waals surface area (Å²) in [7, 11) is -2.36. The third-order valence-electron chi connectivity index (χ3n) is 2.84. The molecule has 0 amide bonds. The van der Waals surface area contributed by atoms with Crippen LogP contribution >= 0.6 is 0 Å². The lowest BCUT2D eigenvalue weighted by Crippen LogP contribution is -2.36. The number of benzene rings is 1. The van der Waals surface area contributed by atoms with Gasteiger partial charge in [-0.15, -0.1) is 0 Å². The van der Waals surface area contributed by atoms with Crippen molar-refractivity contribution in [2.24, 2.45) is 0 Å². The lowest BCUT2D eigenvalue weighted by atomic mass is 10.2. The minimum Gasteiger partial charge on any atom is -0.469 e. The number of sulfonamides is 1. The van der Waals surface area contributed by atoms with E-state index in [1.54, 1.807) is 19.1 Å². The Morgan fingerprint density at radius 2 is 1.95 bits per heavy atom. The molecule has 1 aromatic rings. The van der Waals surface area contributed by atoms with Gasteiger partial charge in [-0.05, 0) is 24.1 Å². The number of nitrogens with one attached hydrogen (secondary N) is 1. The monoisotopic (exact) mass is 301 g/mol. The molecule has 1 atom stereocenters. The molecule has 112 valence electrons. The maximum atomic E-state index is 12.0. The summed E-state index contributed by atoms with van der Waals surface area (Å²) in [5, 5.41) is 9.03. The van der Waals surface area contributed by atoms with Crippen LogP contribution in [-0.4, -0.2) is 39.3 Å². The van der Waals surface area contributed by atoms with E-state index in [9.17, 15) is 13.2 Å². The van der Waals surface area contributed by atoms with Gasteiger partial charge in [0.05, 0.1) is 25.0 Å². The molecule has 0 aromatic heterocycles. The van der Waals surface area contributed by atoms with E-state index in [0.717, 1.165) is 0 Å². The van der Waals surface area contributed by atoms with Crippen LogP contribution in [0.5, 0.6) is 0 Å². The fraction of sp³-hybridized carbons (Fsp3) is 0.462. The molecule has 0 saturated heterocycles. The van der Waals surface area contributed by atoms with Gasteiger partial charge in [-0.3, -0.25) is 4.79 Å². The van der Waals surface area contributed by atoms with Gasteiger partial charge in [0.15, 0.2) is 0 Å². The van der Waals surface area contributed by atoms with E-state index in [1.807, 2.05) is 0 Å². The number of carbonyl (C=O) groups is 1. The SMILES string of the molecule is CC[C@@H](CO)NS(=O)(=O)c1ccc(CC(=O)OC)cc1. The molecule has 1 rings (SSSR count). The number of aliphatic hydroxyl groups is 1. The normalized spacial score (nSPS) is 12.9. The van der Waals surface area contributed by atoms with E-state index in [1.165, 1.54) is 19.2 Å². The Morgan fingerprint density at radius 1 is 1.35 bits per heavy atom. The second kappa shape index (κ2) is 7.37. The summed E-state index contributed by atoms with van der Waals surface area (Å²) in [6, 6.07) is 5.46. The van der Waals surface area contributed by atoms with Crippen molar-refractivity contribution in [1.29, 1.82) is 0 Å². The molecule has 0 saturated carbocycles. The number of rotatable bonds is 7. The highest BCUT2D eigenvalue weighted by Crippen LogP contribution is 2.12. The van der Waals surface area contributed by atoms with Gasteiger partial charge in [0.1, 0.15) is 0 Å². The van der Waals surface area contributed by atoms with Gasteiger partial charge in [-0.25, -0.2) is 13.1 Å². The fourth-order valence-corrected chi connectivity index (χ4v) is 2.87. The number of hydrogen-bond donors (Lipinski definition) is 2. The van der Waals surface area contributed by atoms with Gasteiger partial charge in [-0.1, -0.05) is 19.1 Å². The molecule has 0 heterocycles. The van der Waals surface area contributed by atoms with E-state index in [0.29, 0.717) is 12.0 Å². The summed E-state index contributed by atoms with van der Waals surface area (Å²) in [5.74, 6) is -0.384. The van der Waals surface area contributed by atoms with E-state index in [-0.39, 0.29) is 23.9 Å². The largest absolute Gasteiger partial charge is 0.469 e. The molecule has 0 bridgehead atoms. The average molecular weight is 301 g/mol. The molecule has 7 heteroatoms. The Morgan fingerprint density at radius 3 is 2.40 bits per heavy atom. The van der Waals surface area contributed by atoms with E-state index >= 15 is 0 Å². The smallest absolute Gasteiger partial charge is 0.309 e. The fourth-order valence-electron chi connectivity index (χ4n) is 1.56. The van der Waals surface area contributed by atoms with Crippen molar-refractivity contribution in [3.63, 3.8) is 0 Å². The van der Waals surface area contributed by atoms with Gasteiger partial charge < -0.3 is 9.84 Å². The molecule has 0 spiro atoms. The second-order valence-electron chi connectivity index (χ2n) is 4.31. The minimum atomic E-state index is -3.66. The van der Waals surface area contributed by atoms with Gasteiger partial charge in [0.25, 0.3) is 0 Å². The third-order valence-corrected chi connectivity index (χ3v) is 4.38. The predicted octanol–water partition coefficient (Wildman–Crippen LogP) is 0.451. The zero-order valence-corrected chi connectivity index (χ0v) is 12.3. The van der Waals surface area contributed by atoms with Crippen LogP contribution in [0.4, 0.5) is 0 Å². The quantitative estimate of drug-likeness (QED) is 0.713. The maximum absolute atomic E-state index is 12.0. The zero-order valence-electron chi connectivity index (χ0n) is 11.5. The van der Waals surface area contributed by atoms with E-state index < -0.39 is 16.1 Å². The molecule has 0 aliphatic carbocycles. The number of methoxy groups -OCH3 is 1. The second-order valence-corrected chi connectivity index (χ2v) is 6.02. The number of hydrogen-bond acceptors (Lipinski definition) is 5. The van der Waals surface area contributed by atoms with Crippen LogP contribution < -0.4 is 4.72 Å². The Labute approximate surface area is 118 Å². The summed E-state index contributed by atoms with van der Waals surface area (Å²) < 4.78 is 31.0. The summed E-state index contributed by atoms with van der Waals surface area (Å²) >= 11 is 0. The van der Waals surface area contributed by atoms with E-state index in [4.69, 9.17) is 5.11 Å². The van der Waals surface area contributed by atoms with Crippen LogP contribution in [0.2, 0.25) is 0 Å². The summed E-state index contributed by atoms with van der Waals surface area (Å²) in [6.07, 6.45) is 0.592. The van der Waals surface area contributed by atoms with Crippen molar-refractivity contribution in [2.75, 3.05) is 13.7 Å². The van der Waals surface area contributed by atoms with Crippen molar-refractivity contribution >= 4 is 16.0 Å². The number of aliphatic hydroxyl groups excluding tert-OH is 1. The van der Waals surface area contributed by atoms with Crippen LogP contribution in [-0.2, 0) is 26.0 Å². The van der Waals surface area contributed by atoms with Gasteiger partial charge in [-0.2, -0.15) is 0 Å². The van der Waals surface area contributed by atoms with Gasteiger partial charge >= 0.3 is 5.97 Å². The Kier molecular flexibility index (Phi) is 6.12. The van der Waals surface area contributed by atoms with Crippen molar-refractivity contribution in [3.05, 3.63) is 29.8 Å². The molecule has 6 nitrogen and oxygen atoms in total. The summed E-state index contributed by atoms with van der Waals surface area (Å²) in [6.45, 7) is 1.53. The molecule has 0 aliphatic rings. The lowest BCUT2D eigenvalue weighted by molar-refractivity contribution is -0.139. The van der Waals surface area contributed by atoms with Crippen molar-refractivity contribution in [3.8, 4) is 0 Å². The number of esters is 1. The highest BCUT2D eigenvalue weighted by molar-refractivity contribution is 7.89. The Balaban J connectivity index is 2.84. The topological polar surface area (TPSA) is 92.7 Å². The molecule has 0 aliphatic heterocycles. The first-order valence-corrected chi connectivity index (χ1v) is 7.70. The molecular weight excluding hydrogens is 282 g/mol. The predicted molar refractivity (Wildman–Crippen MR) is 73.6 cm³/mol. The summed E-state index contributed by atoms with van der Waals surface area (Å²) in [4.78, 5) is 11.2. The summed E-state index contributed by atoms with van der Waals surface area (Å²) in [5.41, 5.74) is 0.671. The van der Waals surface area contributed by atoms with Crippen LogP contribution in [0, 0.1) is 0 Å². The average Bonchev–Trinajstić information content (AvgIpc) is 2.45. The zero-order chi connectivity index (χ0) is 15.2. The molecule has 0 fully saturated rings. The van der Waals surface area contributed by atoms with Gasteiger partial charge in [0, 0.05) is 6.04 Å². The first-order chi connectivity index (χ1) is 9.42. The molecule has 1 aromatic carbocycles. The third kappa shape index (κ3) is 4.59. The van der Waals surface area contributed by atoms with Crippen LogP contribution in [0.25, 0.3) is 0 Å². The van der Waals surface area contributed by atoms with Crippen molar-refractivity contribution in [1.82, 2.24) is 4.72 Å². The molecule has 0 radical (unpaired) electrons. The minimum absolute atomic E-state index is 0.0954. The Hall–Kier alpha value is -1.44. The first-order valence-electron chi connectivity index (χ1n) is 6.22. The van der Waals surface area contributed by atoms with Gasteiger partial charge in [0.2, 0.25) is 10.0 Å². The maximum Gasteiger partial charge on any atom is 0.309 e. The molecule has 2 N–H and O–H groups in total. The van der Waals surface area contributed by atoms with Crippen molar-refractivity contribution in [2.45, 2.75) is 30.7 Å². The van der Waals surface area contributed by atoms with E-state index in [2.05, 4.69) is 9.46 Å². The lowest BCUT2D eigenvalue weighted by Gasteiger charge is -2.14. The van der Waals surface area contributed by atoms with Crippen LogP contribution in [0.1, 0.15) is 18.9 Å². The molecule has 20 heavy (non-hydrogen) atoms. The standard InChI is InChI=1S/C13H19NO5S/c1-3-11(9-15)14-20(17,18)12-6-4-10(5-7-12)8-13(16)19-2/h4-7,11,14-15H,3,8-9H2,1-2H3/t11-/m0/s1. The van der Waals surface area contributed by atoms with Crippen molar-refractivity contribution < 1.29 is 23.1 Å². The van der Waals surface area contributed by atoms with Crippen LogP contribution in [0.15, 0.2) is 29.2 Å². The van der Waals surface area contributed by atoms with Crippen LogP contribution in [0.3, 0.4) is 0 Å². The first kappa shape index (κ1) is 16.6. The Bertz CT molecular complexity index is 534. The molecule has 0 unspecified atom stereocenters. The number of ether oxygens (including phenoxy) is 1. The molecular formula is C13H19NO5S.